The summed E-state index contributed by atoms with van der Waals surface area (Å²) in [5.41, 5.74) is 9.93. The van der Waals surface area contributed by atoms with E-state index in [0.29, 0.717) is 6.04 Å². The van der Waals surface area contributed by atoms with Crippen molar-refractivity contribution >= 4 is 0 Å². The third kappa shape index (κ3) is 4.04. The first kappa shape index (κ1) is 14.0. The van der Waals surface area contributed by atoms with Gasteiger partial charge in [-0.1, -0.05) is 19.4 Å². The SMILES string of the molecule is CCCC(N)CCc1c(C)cc(C)cc1OC. The number of aryl methyl sites for hydroxylation is 2. The molecule has 1 atom stereocenters. The van der Waals surface area contributed by atoms with Crippen LogP contribution in [0.25, 0.3) is 0 Å². The number of hydrogen-bond acceptors (Lipinski definition) is 2. The van der Waals surface area contributed by atoms with Crippen molar-refractivity contribution in [1.29, 1.82) is 0 Å². The second kappa shape index (κ2) is 6.65. The van der Waals surface area contributed by atoms with Gasteiger partial charge in [-0.15, -0.1) is 0 Å². The third-order valence-corrected chi connectivity index (χ3v) is 3.22. The highest BCUT2D eigenvalue weighted by molar-refractivity contribution is 5.43. The number of ether oxygens (including phenoxy) is 1. The van der Waals surface area contributed by atoms with Crippen LogP contribution in [-0.4, -0.2) is 13.2 Å². The zero-order chi connectivity index (χ0) is 12.8. The molecule has 0 amide bonds. The van der Waals surface area contributed by atoms with Crippen molar-refractivity contribution in [2.45, 2.75) is 52.5 Å². The molecule has 2 heteroatoms. The summed E-state index contributed by atoms with van der Waals surface area (Å²) >= 11 is 0. The van der Waals surface area contributed by atoms with E-state index in [-0.39, 0.29) is 0 Å². The van der Waals surface area contributed by atoms with Crippen molar-refractivity contribution in [2.24, 2.45) is 5.73 Å². The van der Waals surface area contributed by atoms with E-state index < -0.39 is 0 Å². The summed E-state index contributed by atoms with van der Waals surface area (Å²) < 4.78 is 5.46. The molecule has 0 radical (unpaired) electrons. The fourth-order valence-corrected chi connectivity index (χ4v) is 2.31. The van der Waals surface area contributed by atoms with Crippen molar-refractivity contribution in [2.75, 3.05) is 7.11 Å². The highest BCUT2D eigenvalue weighted by Gasteiger charge is 2.09. The molecule has 1 aromatic carbocycles. The molecular formula is C15H25NO. The predicted molar refractivity (Wildman–Crippen MR) is 73.7 cm³/mol. The second-order valence-electron chi connectivity index (χ2n) is 4.85. The first-order valence-electron chi connectivity index (χ1n) is 6.48. The number of benzene rings is 1. The molecule has 0 saturated heterocycles. The van der Waals surface area contributed by atoms with Crippen LogP contribution in [-0.2, 0) is 6.42 Å². The first-order chi connectivity index (χ1) is 8.08. The Hall–Kier alpha value is -1.02. The highest BCUT2D eigenvalue weighted by atomic mass is 16.5. The van der Waals surface area contributed by atoms with Gasteiger partial charge in [-0.3, -0.25) is 0 Å². The largest absolute Gasteiger partial charge is 0.496 e. The van der Waals surface area contributed by atoms with Crippen molar-refractivity contribution in [3.05, 3.63) is 28.8 Å². The lowest BCUT2D eigenvalue weighted by molar-refractivity contribution is 0.407. The van der Waals surface area contributed by atoms with Gasteiger partial charge in [0, 0.05) is 6.04 Å². The van der Waals surface area contributed by atoms with E-state index in [1.165, 1.54) is 16.7 Å². The molecule has 0 saturated carbocycles. The maximum atomic E-state index is 6.06. The predicted octanol–water partition coefficient (Wildman–Crippen LogP) is 3.37. The number of nitrogens with two attached hydrogens (primary N) is 1. The zero-order valence-corrected chi connectivity index (χ0v) is 11.5. The standard InChI is InChI=1S/C15H25NO/c1-5-6-13(16)7-8-14-12(3)9-11(2)10-15(14)17-4/h9-10,13H,5-8,16H2,1-4H3. The smallest absolute Gasteiger partial charge is 0.122 e. The molecule has 0 aliphatic carbocycles. The Balaban J connectivity index is 2.76. The molecule has 17 heavy (non-hydrogen) atoms. The van der Waals surface area contributed by atoms with E-state index >= 15 is 0 Å². The highest BCUT2D eigenvalue weighted by Crippen LogP contribution is 2.25. The average Bonchev–Trinajstić information content (AvgIpc) is 2.27. The van der Waals surface area contributed by atoms with Gasteiger partial charge < -0.3 is 10.5 Å². The molecule has 0 heterocycles. The van der Waals surface area contributed by atoms with Crippen molar-refractivity contribution < 1.29 is 4.74 Å². The quantitative estimate of drug-likeness (QED) is 0.820. The number of hydrogen-bond donors (Lipinski definition) is 1. The van der Waals surface area contributed by atoms with E-state index in [1.54, 1.807) is 7.11 Å². The molecule has 1 aromatic rings. The van der Waals surface area contributed by atoms with E-state index in [4.69, 9.17) is 10.5 Å². The van der Waals surface area contributed by atoms with Crippen molar-refractivity contribution in [3.8, 4) is 5.75 Å². The maximum absolute atomic E-state index is 6.06. The molecule has 2 N–H and O–H groups in total. The van der Waals surface area contributed by atoms with Crippen LogP contribution in [0.15, 0.2) is 12.1 Å². The summed E-state index contributed by atoms with van der Waals surface area (Å²) in [5, 5.41) is 0. The van der Waals surface area contributed by atoms with Gasteiger partial charge in [-0.2, -0.15) is 0 Å². The summed E-state index contributed by atoms with van der Waals surface area (Å²) in [7, 11) is 1.74. The van der Waals surface area contributed by atoms with Gasteiger partial charge in [0.15, 0.2) is 0 Å². The van der Waals surface area contributed by atoms with Crippen molar-refractivity contribution in [1.82, 2.24) is 0 Å². The molecule has 0 fully saturated rings. The number of methoxy groups -OCH3 is 1. The molecule has 2 nitrogen and oxygen atoms in total. The Morgan fingerprint density at radius 2 is 1.94 bits per heavy atom. The van der Waals surface area contributed by atoms with Crippen LogP contribution in [0.3, 0.4) is 0 Å². The summed E-state index contributed by atoms with van der Waals surface area (Å²) in [6.07, 6.45) is 4.31. The van der Waals surface area contributed by atoms with Crippen LogP contribution in [0.5, 0.6) is 5.75 Å². The normalized spacial score (nSPS) is 12.5. The van der Waals surface area contributed by atoms with Gasteiger partial charge >= 0.3 is 0 Å². The summed E-state index contributed by atoms with van der Waals surface area (Å²) in [6, 6.07) is 4.63. The first-order valence-corrected chi connectivity index (χ1v) is 6.48. The maximum Gasteiger partial charge on any atom is 0.122 e. The van der Waals surface area contributed by atoms with Crippen LogP contribution in [0.1, 0.15) is 42.9 Å². The van der Waals surface area contributed by atoms with E-state index in [2.05, 4.69) is 32.9 Å². The molecule has 96 valence electrons. The van der Waals surface area contributed by atoms with Gasteiger partial charge in [0.2, 0.25) is 0 Å². The van der Waals surface area contributed by atoms with Gasteiger partial charge in [-0.25, -0.2) is 0 Å². The monoisotopic (exact) mass is 235 g/mol. The minimum Gasteiger partial charge on any atom is -0.496 e. The Morgan fingerprint density at radius 1 is 1.24 bits per heavy atom. The van der Waals surface area contributed by atoms with Gasteiger partial charge in [-0.05, 0) is 55.9 Å². The van der Waals surface area contributed by atoms with Gasteiger partial charge in [0.1, 0.15) is 5.75 Å². The fourth-order valence-electron chi connectivity index (χ4n) is 2.31. The van der Waals surface area contributed by atoms with E-state index in [1.807, 2.05) is 0 Å². The summed E-state index contributed by atoms with van der Waals surface area (Å²) in [6.45, 7) is 6.43. The molecule has 0 bridgehead atoms. The lowest BCUT2D eigenvalue weighted by atomic mass is 9.97. The molecular weight excluding hydrogens is 210 g/mol. The van der Waals surface area contributed by atoms with E-state index in [9.17, 15) is 0 Å². The molecule has 0 aliphatic rings. The molecule has 0 aromatic heterocycles. The number of rotatable bonds is 6. The van der Waals surface area contributed by atoms with Crippen molar-refractivity contribution in [3.63, 3.8) is 0 Å². The third-order valence-electron chi connectivity index (χ3n) is 3.22. The van der Waals surface area contributed by atoms with Crippen LogP contribution in [0.4, 0.5) is 0 Å². The minimum atomic E-state index is 0.311. The average molecular weight is 235 g/mol. The molecule has 1 unspecified atom stereocenters. The van der Waals surface area contributed by atoms with E-state index in [0.717, 1.165) is 31.4 Å². The Morgan fingerprint density at radius 3 is 2.53 bits per heavy atom. The zero-order valence-electron chi connectivity index (χ0n) is 11.5. The fraction of sp³-hybridized carbons (Fsp3) is 0.600. The Kier molecular flexibility index (Phi) is 5.49. The Bertz CT molecular complexity index is 360. The van der Waals surface area contributed by atoms with Gasteiger partial charge in [0.05, 0.1) is 7.11 Å². The lowest BCUT2D eigenvalue weighted by Crippen LogP contribution is -2.20. The summed E-state index contributed by atoms with van der Waals surface area (Å²) in [5.74, 6) is 1.01. The lowest BCUT2D eigenvalue weighted by Gasteiger charge is -2.15. The molecule has 0 aliphatic heterocycles. The van der Waals surface area contributed by atoms with Crippen LogP contribution < -0.4 is 10.5 Å². The topological polar surface area (TPSA) is 35.2 Å². The Labute approximate surface area is 105 Å². The minimum absolute atomic E-state index is 0.311. The van der Waals surface area contributed by atoms with Crippen LogP contribution >= 0.6 is 0 Å². The van der Waals surface area contributed by atoms with Crippen LogP contribution in [0, 0.1) is 13.8 Å². The summed E-state index contributed by atoms with van der Waals surface area (Å²) in [4.78, 5) is 0. The molecule has 1 rings (SSSR count). The van der Waals surface area contributed by atoms with Crippen LogP contribution in [0.2, 0.25) is 0 Å². The molecule has 0 spiro atoms. The van der Waals surface area contributed by atoms with Gasteiger partial charge in [0.25, 0.3) is 0 Å². The second-order valence-corrected chi connectivity index (χ2v) is 4.85.